The first-order valence-corrected chi connectivity index (χ1v) is 10.8. The van der Waals surface area contributed by atoms with Gasteiger partial charge in [0, 0.05) is 15.1 Å². The summed E-state index contributed by atoms with van der Waals surface area (Å²) in [6.45, 7) is 3.54. The van der Waals surface area contributed by atoms with Crippen molar-refractivity contribution in [2.24, 2.45) is 5.10 Å². The van der Waals surface area contributed by atoms with Gasteiger partial charge in [0.05, 0.1) is 11.8 Å². The van der Waals surface area contributed by atoms with Crippen molar-refractivity contribution in [3.8, 4) is 11.5 Å². The van der Waals surface area contributed by atoms with Gasteiger partial charge < -0.3 is 9.47 Å². The van der Waals surface area contributed by atoms with Crippen molar-refractivity contribution in [2.45, 2.75) is 20.0 Å². The highest BCUT2D eigenvalue weighted by Gasteiger charge is 2.15. The number of hydrogen-bond acceptors (Lipinski definition) is 5. The third kappa shape index (κ3) is 6.67. The van der Waals surface area contributed by atoms with Gasteiger partial charge in [0.25, 0.3) is 5.91 Å². The van der Waals surface area contributed by atoms with E-state index < -0.39 is 18.0 Å². The number of hydrogen-bond donors (Lipinski definition) is 1. The molecule has 3 aromatic rings. The van der Waals surface area contributed by atoms with Crippen molar-refractivity contribution in [3.05, 3.63) is 92.9 Å². The lowest BCUT2D eigenvalue weighted by molar-refractivity contribution is -0.127. The van der Waals surface area contributed by atoms with Crippen molar-refractivity contribution in [1.82, 2.24) is 5.43 Å². The second-order valence-electron chi connectivity index (χ2n) is 6.89. The zero-order chi connectivity index (χ0) is 23.1. The van der Waals surface area contributed by atoms with Crippen LogP contribution >= 0.6 is 27.5 Å². The molecule has 0 aliphatic heterocycles. The summed E-state index contributed by atoms with van der Waals surface area (Å²) in [7, 11) is 0. The van der Waals surface area contributed by atoms with Crippen LogP contribution < -0.4 is 14.9 Å². The van der Waals surface area contributed by atoms with Crippen LogP contribution in [0.25, 0.3) is 0 Å². The Morgan fingerprint density at radius 3 is 2.44 bits per heavy atom. The van der Waals surface area contributed by atoms with Gasteiger partial charge >= 0.3 is 5.97 Å². The molecule has 1 N–H and O–H groups in total. The van der Waals surface area contributed by atoms with E-state index in [2.05, 4.69) is 26.5 Å². The number of amides is 1. The van der Waals surface area contributed by atoms with Crippen LogP contribution in [-0.2, 0) is 4.79 Å². The molecule has 8 heteroatoms. The maximum Gasteiger partial charge on any atom is 0.343 e. The Labute approximate surface area is 199 Å². The minimum absolute atomic E-state index is 0.308. The number of aryl methyl sites for hydroxylation is 1. The molecule has 32 heavy (non-hydrogen) atoms. The lowest BCUT2D eigenvalue weighted by Gasteiger charge is -2.13. The van der Waals surface area contributed by atoms with Gasteiger partial charge in [-0.25, -0.2) is 10.2 Å². The Hall–Kier alpha value is -3.16. The fraction of sp³-hybridized carbons (Fsp3) is 0.125. The van der Waals surface area contributed by atoms with Crippen molar-refractivity contribution >= 4 is 45.6 Å². The quantitative estimate of drug-likeness (QED) is 0.194. The van der Waals surface area contributed by atoms with Crippen LogP contribution in [0.15, 0.2) is 76.3 Å². The Morgan fingerprint density at radius 1 is 1.06 bits per heavy atom. The number of benzene rings is 3. The predicted molar refractivity (Wildman–Crippen MR) is 128 cm³/mol. The van der Waals surface area contributed by atoms with E-state index in [-0.39, 0.29) is 0 Å². The first-order valence-electron chi connectivity index (χ1n) is 9.65. The molecular formula is C24H20BrClN2O4. The average molecular weight is 516 g/mol. The van der Waals surface area contributed by atoms with Crippen molar-refractivity contribution < 1.29 is 19.1 Å². The lowest BCUT2D eigenvalue weighted by atomic mass is 10.1. The second kappa shape index (κ2) is 10.9. The number of nitrogens with one attached hydrogen (secondary N) is 1. The number of hydrazone groups is 1. The van der Waals surface area contributed by atoms with Gasteiger partial charge in [-0.2, -0.15) is 5.10 Å². The molecule has 0 fully saturated rings. The summed E-state index contributed by atoms with van der Waals surface area (Å²) in [5.74, 6) is -0.110. The third-order valence-electron chi connectivity index (χ3n) is 4.34. The van der Waals surface area contributed by atoms with E-state index in [9.17, 15) is 9.59 Å². The topological polar surface area (TPSA) is 77.0 Å². The highest BCUT2D eigenvalue weighted by Crippen LogP contribution is 2.23. The molecular weight excluding hydrogens is 496 g/mol. The SMILES string of the molecule is Cc1ccc(C(=O)Oc2ccc(Br)cc2/C=N\NC(=O)[C@H](C)Oc2ccc(Cl)cc2)cc1. The van der Waals surface area contributed by atoms with E-state index in [0.717, 1.165) is 10.0 Å². The summed E-state index contributed by atoms with van der Waals surface area (Å²) in [5, 5.41) is 4.55. The number of nitrogens with zero attached hydrogens (tertiary/aromatic N) is 1. The summed E-state index contributed by atoms with van der Waals surface area (Å²) >= 11 is 9.23. The number of rotatable bonds is 7. The molecule has 0 aromatic heterocycles. The summed E-state index contributed by atoms with van der Waals surface area (Å²) < 4.78 is 11.8. The molecule has 0 radical (unpaired) electrons. The summed E-state index contributed by atoms with van der Waals surface area (Å²) in [6.07, 6.45) is 0.616. The number of ether oxygens (including phenoxy) is 2. The van der Waals surface area contributed by atoms with E-state index in [4.69, 9.17) is 21.1 Å². The number of carbonyl (C=O) groups is 2. The first kappa shape index (κ1) is 23.5. The highest BCUT2D eigenvalue weighted by molar-refractivity contribution is 9.10. The lowest BCUT2D eigenvalue weighted by Crippen LogP contribution is -2.33. The Balaban J connectivity index is 1.65. The molecule has 6 nitrogen and oxygen atoms in total. The van der Waals surface area contributed by atoms with Crippen LogP contribution in [0.3, 0.4) is 0 Å². The number of esters is 1. The molecule has 3 rings (SSSR count). The summed E-state index contributed by atoms with van der Waals surface area (Å²) in [4.78, 5) is 24.7. The van der Waals surface area contributed by atoms with Gasteiger partial charge in [-0.3, -0.25) is 4.79 Å². The van der Waals surface area contributed by atoms with Crippen LogP contribution in [0, 0.1) is 6.92 Å². The van der Waals surface area contributed by atoms with Crippen LogP contribution in [0.1, 0.15) is 28.4 Å². The van der Waals surface area contributed by atoms with Gasteiger partial charge in [-0.1, -0.05) is 45.2 Å². The fourth-order valence-corrected chi connectivity index (χ4v) is 3.09. The standard InChI is InChI=1S/C24H20BrClN2O4/c1-15-3-5-17(6-4-15)24(30)32-22-12-7-19(25)13-18(22)14-27-28-23(29)16(2)31-21-10-8-20(26)9-11-21/h3-14,16H,1-2H3,(H,28,29)/b27-14-/t16-/m0/s1. The zero-order valence-corrected chi connectivity index (χ0v) is 19.7. The van der Waals surface area contributed by atoms with Gasteiger partial charge in [0.1, 0.15) is 11.5 Å². The van der Waals surface area contributed by atoms with Gasteiger partial charge in [0.2, 0.25) is 0 Å². The molecule has 3 aromatic carbocycles. The first-order chi connectivity index (χ1) is 15.3. The van der Waals surface area contributed by atoms with E-state index in [1.54, 1.807) is 61.5 Å². The predicted octanol–water partition coefficient (Wildman–Crippen LogP) is 5.55. The molecule has 0 unspecified atom stereocenters. The van der Waals surface area contributed by atoms with Crippen LogP contribution in [0.5, 0.6) is 11.5 Å². The minimum atomic E-state index is -0.783. The van der Waals surface area contributed by atoms with E-state index in [0.29, 0.717) is 27.6 Å². The van der Waals surface area contributed by atoms with Crippen molar-refractivity contribution in [3.63, 3.8) is 0 Å². The van der Waals surface area contributed by atoms with Crippen LogP contribution in [0.2, 0.25) is 5.02 Å². The Morgan fingerprint density at radius 2 is 1.75 bits per heavy atom. The minimum Gasteiger partial charge on any atom is -0.481 e. The monoisotopic (exact) mass is 514 g/mol. The average Bonchev–Trinajstić information content (AvgIpc) is 2.77. The third-order valence-corrected chi connectivity index (χ3v) is 5.08. The molecule has 0 saturated heterocycles. The summed E-state index contributed by atoms with van der Waals surface area (Å²) in [6, 6.07) is 18.9. The van der Waals surface area contributed by atoms with E-state index in [1.165, 1.54) is 6.21 Å². The highest BCUT2D eigenvalue weighted by atomic mass is 79.9. The van der Waals surface area contributed by atoms with Crippen molar-refractivity contribution in [2.75, 3.05) is 0 Å². The molecule has 0 heterocycles. The smallest absolute Gasteiger partial charge is 0.343 e. The van der Waals surface area contributed by atoms with Crippen LogP contribution in [0.4, 0.5) is 0 Å². The number of carbonyl (C=O) groups excluding carboxylic acids is 2. The fourth-order valence-electron chi connectivity index (χ4n) is 2.59. The van der Waals surface area contributed by atoms with Crippen LogP contribution in [-0.4, -0.2) is 24.2 Å². The largest absolute Gasteiger partial charge is 0.481 e. The Bertz CT molecular complexity index is 1130. The molecule has 1 amide bonds. The Kier molecular flexibility index (Phi) is 8.03. The number of halogens is 2. The molecule has 0 spiro atoms. The maximum absolute atomic E-state index is 12.5. The molecule has 0 bridgehead atoms. The zero-order valence-electron chi connectivity index (χ0n) is 17.3. The summed E-state index contributed by atoms with van der Waals surface area (Å²) in [5.41, 5.74) is 4.41. The molecule has 1 atom stereocenters. The second-order valence-corrected chi connectivity index (χ2v) is 8.24. The van der Waals surface area contributed by atoms with Gasteiger partial charge in [0.15, 0.2) is 6.10 Å². The van der Waals surface area contributed by atoms with Gasteiger partial charge in [-0.05, 0) is 68.4 Å². The maximum atomic E-state index is 12.5. The van der Waals surface area contributed by atoms with Gasteiger partial charge in [-0.15, -0.1) is 0 Å². The molecule has 164 valence electrons. The normalized spacial score (nSPS) is 11.8. The van der Waals surface area contributed by atoms with Crippen molar-refractivity contribution in [1.29, 1.82) is 0 Å². The molecule has 0 aliphatic rings. The molecule has 0 aliphatic carbocycles. The molecule has 0 saturated carbocycles. The van der Waals surface area contributed by atoms with E-state index in [1.807, 2.05) is 19.1 Å². The van der Waals surface area contributed by atoms with E-state index >= 15 is 0 Å².